The molecular formula is C23H21F3N2O3S. The zero-order valence-electron chi connectivity index (χ0n) is 17.3. The molecule has 3 rings (SSSR count). The van der Waals surface area contributed by atoms with Crippen LogP contribution < -0.4 is 10.0 Å². The molecule has 9 heteroatoms. The normalized spacial score (nSPS) is 12.9. The molecule has 0 saturated heterocycles. The average Bonchev–Trinajstić information content (AvgIpc) is 2.73. The monoisotopic (exact) mass is 462 g/mol. The number of hydrogen-bond acceptors (Lipinski definition) is 3. The molecule has 0 aliphatic rings. The number of halogens is 3. The second-order valence-electron chi connectivity index (χ2n) is 7.26. The van der Waals surface area contributed by atoms with Crippen LogP contribution >= 0.6 is 0 Å². The Hall–Kier alpha value is -3.17. The number of hydrogen-bond donors (Lipinski definition) is 2. The van der Waals surface area contributed by atoms with Gasteiger partial charge in [0, 0.05) is 17.3 Å². The smallest absolute Gasteiger partial charge is 0.322 e. The lowest BCUT2D eigenvalue weighted by molar-refractivity contribution is -0.137. The number of carbonyl (C=O) groups is 1. The van der Waals surface area contributed by atoms with Gasteiger partial charge in [-0.15, -0.1) is 0 Å². The highest BCUT2D eigenvalue weighted by molar-refractivity contribution is 7.89. The van der Waals surface area contributed by atoms with E-state index in [9.17, 15) is 26.4 Å². The van der Waals surface area contributed by atoms with E-state index in [2.05, 4.69) is 10.0 Å². The maximum atomic E-state index is 12.9. The Bertz CT molecular complexity index is 1230. The van der Waals surface area contributed by atoms with Gasteiger partial charge in [0.05, 0.1) is 10.5 Å². The molecule has 32 heavy (non-hydrogen) atoms. The lowest BCUT2D eigenvalue weighted by Crippen LogP contribution is -2.27. The molecule has 0 bridgehead atoms. The summed E-state index contributed by atoms with van der Waals surface area (Å²) in [6.45, 7) is 3.31. The van der Waals surface area contributed by atoms with E-state index in [4.69, 9.17) is 0 Å². The molecule has 0 saturated carbocycles. The van der Waals surface area contributed by atoms with Crippen LogP contribution in [0.1, 0.15) is 40.0 Å². The minimum absolute atomic E-state index is 0.0395. The Morgan fingerprint density at radius 3 is 2.28 bits per heavy atom. The SMILES string of the molecule is Cc1ccc(S(=O)(=O)N[C@@H](C)c2ccccc2)cc1C(=O)Nc1cccc(C(F)(F)F)c1. The van der Waals surface area contributed by atoms with E-state index in [1.807, 2.05) is 6.07 Å². The number of benzene rings is 3. The number of sulfonamides is 1. The van der Waals surface area contributed by atoms with Crippen LogP contribution in [0.3, 0.4) is 0 Å². The van der Waals surface area contributed by atoms with Gasteiger partial charge in [-0.05, 0) is 55.3 Å². The van der Waals surface area contributed by atoms with Crippen LogP contribution in [0.25, 0.3) is 0 Å². The van der Waals surface area contributed by atoms with Crippen molar-refractivity contribution in [2.45, 2.75) is 31.0 Å². The Morgan fingerprint density at radius 2 is 1.62 bits per heavy atom. The zero-order valence-corrected chi connectivity index (χ0v) is 18.1. The Balaban J connectivity index is 1.84. The van der Waals surface area contributed by atoms with Crippen LogP contribution in [0, 0.1) is 6.92 Å². The summed E-state index contributed by atoms with van der Waals surface area (Å²) in [6, 6.07) is 16.7. The second-order valence-corrected chi connectivity index (χ2v) is 8.98. The summed E-state index contributed by atoms with van der Waals surface area (Å²) in [5.74, 6) is -0.713. The minimum Gasteiger partial charge on any atom is -0.322 e. The molecule has 3 aromatic rings. The molecular weight excluding hydrogens is 441 g/mol. The highest BCUT2D eigenvalue weighted by atomic mass is 32.2. The molecule has 3 aromatic carbocycles. The fourth-order valence-corrected chi connectivity index (χ4v) is 4.35. The van der Waals surface area contributed by atoms with Gasteiger partial charge < -0.3 is 5.32 Å². The maximum Gasteiger partial charge on any atom is 0.416 e. The van der Waals surface area contributed by atoms with Gasteiger partial charge in [-0.2, -0.15) is 13.2 Å². The first-order valence-electron chi connectivity index (χ1n) is 9.64. The van der Waals surface area contributed by atoms with Crippen LogP contribution in [0.15, 0.2) is 77.7 Å². The summed E-state index contributed by atoms with van der Waals surface area (Å²) in [5.41, 5.74) is 0.337. The van der Waals surface area contributed by atoms with Crippen LogP contribution in [0.5, 0.6) is 0 Å². The summed E-state index contributed by atoms with van der Waals surface area (Å²) in [6.07, 6.45) is -4.55. The third kappa shape index (κ3) is 5.54. The van der Waals surface area contributed by atoms with E-state index < -0.39 is 33.7 Å². The third-order valence-corrected chi connectivity index (χ3v) is 6.38. The third-order valence-electron chi connectivity index (χ3n) is 4.84. The van der Waals surface area contributed by atoms with E-state index in [1.54, 1.807) is 38.1 Å². The van der Waals surface area contributed by atoms with E-state index in [0.717, 1.165) is 17.7 Å². The standard InChI is InChI=1S/C23H21F3N2O3S/c1-15-11-12-20(32(30,31)28-16(2)17-7-4-3-5-8-17)14-21(15)22(29)27-19-10-6-9-18(13-19)23(24,25)26/h3-14,16,28H,1-2H3,(H,27,29)/t16-/m0/s1. The molecule has 0 fully saturated rings. The lowest BCUT2D eigenvalue weighted by Gasteiger charge is -2.16. The van der Waals surface area contributed by atoms with Crippen LogP contribution in [-0.2, 0) is 16.2 Å². The molecule has 0 aliphatic heterocycles. The fourth-order valence-electron chi connectivity index (χ4n) is 3.10. The highest BCUT2D eigenvalue weighted by Gasteiger charge is 2.30. The number of anilines is 1. The molecule has 0 spiro atoms. The van der Waals surface area contributed by atoms with Crippen LogP contribution in [0.4, 0.5) is 18.9 Å². The van der Waals surface area contributed by atoms with Crippen molar-refractivity contribution in [2.24, 2.45) is 0 Å². The van der Waals surface area contributed by atoms with E-state index in [0.29, 0.717) is 5.56 Å². The molecule has 1 amide bonds. The number of amides is 1. The minimum atomic E-state index is -4.55. The quantitative estimate of drug-likeness (QED) is 0.522. The molecule has 0 aliphatic carbocycles. The maximum absolute atomic E-state index is 12.9. The van der Waals surface area contributed by atoms with Crippen molar-refractivity contribution in [3.8, 4) is 0 Å². The molecule has 0 unspecified atom stereocenters. The number of alkyl halides is 3. The van der Waals surface area contributed by atoms with E-state index in [1.165, 1.54) is 30.3 Å². The largest absolute Gasteiger partial charge is 0.416 e. The summed E-state index contributed by atoms with van der Waals surface area (Å²) in [4.78, 5) is 12.6. The average molecular weight is 462 g/mol. The molecule has 0 radical (unpaired) electrons. The van der Waals surface area contributed by atoms with Crippen molar-refractivity contribution < 1.29 is 26.4 Å². The van der Waals surface area contributed by atoms with Crippen molar-refractivity contribution in [2.75, 3.05) is 5.32 Å². The molecule has 1 atom stereocenters. The van der Waals surface area contributed by atoms with Gasteiger partial charge >= 0.3 is 6.18 Å². The van der Waals surface area contributed by atoms with Gasteiger partial charge in [-0.1, -0.05) is 42.5 Å². The molecule has 2 N–H and O–H groups in total. The number of aryl methyl sites for hydroxylation is 1. The van der Waals surface area contributed by atoms with Crippen LogP contribution in [0.2, 0.25) is 0 Å². The van der Waals surface area contributed by atoms with Crippen molar-refractivity contribution in [3.63, 3.8) is 0 Å². The lowest BCUT2D eigenvalue weighted by atomic mass is 10.1. The topological polar surface area (TPSA) is 75.3 Å². The Morgan fingerprint density at radius 1 is 0.938 bits per heavy atom. The first-order chi connectivity index (χ1) is 15.0. The van der Waals surface area contributed by atoms with Gasteiger partial charge in [0.2, 0.25) is 10.0 Å². The second kappa shape index (κ2) is 9.13. The van der Waals surface area contributed by atoms with Gasteiger partial charge in [0.15, 0.2) is 0 Å². The summed E-state index contributed by atoms with van der Waals surface area (Å²) in [7, 11) is -3.96. The van der Waals surface area contributed by atoms with Crippen molar-refractivity contribution >= 4 is 21.6 Å². The first-order valence-corrected chi connectivity index (χ1v) is 11.1. The summed E-state index contributed by atoms with van der Waals surface area (Å²) >= 11 is 0. The Kier molecular flexibility index (Phi) is 6.71. The zero-order chi connectivity index (χ0) is 23.5. The molecule has 168 valence electrons. The highest BCUT2D eigenvalue weighted by Crippen LogP contribution is 2.31. The number of nitrogens with one attached hydrogen (secondary N) is 2. The van der Waals surface area contributed by atoms with E-state index in [-0.39, 0.29) is 16.1 Å². The van der Waals surface area contributed by atoms with Crippen molar-refractivity contribution in [1.82, 2.24) is 4.72 Å². The van der Waals surface area contributed by atoms with Crippen molar-refractivity contribution in [1.29, 1.82) is 0 Å². The van der Waals surface area contributed by atoms with Gasteiger partial charge in [0.1, 0.15) is 0 Å². The van der Waals surface area contributed by atoms with Gasteiger partial charge in [-0.3, -0.25) is 4.79 Å². The summed E-state index contributed by atoms with van der Waals surface area (Å²) in [5, 5.41) is 2.40. The fraction of sp³-hybridized carbons (Fsp3) is 0.174. The molecule has 0 aromatic heterocycles. The predicted molar refractivity (Wildman–Crippen MR) is 116 cm³/mol. The van der Waals surface area contributed by atoms with Gasteiger partial charge in [-0.25, -0.2) is 13.1 Å². The van der Waals surface area contributed by atoms with Crippen molar-refractivity contribution in [3.05, 3.63) is 95.1 Å². The molecule has 0 heterocycles. The van der Waals surface area contributed by atoms with Gasteiger partial charge in [0.25, 0.3) is 5.91 Å². The first kappa shape index (κ1) is 23.5. The predicted octanol–water partition coefficient (Wildman–Crippen LogP) is 5.31. The van der Waals surface area contributed by atoms with Crippen LogP contribution in [-0.4, -0.2) is 14.3 Å². The Labute approximate surface area is 184 Å². The summed E-state index contributed by atoms with van der Waals surface area (Å²) < 4.78 is 67.0. The number of rotatable bonds is 6. The van der Waals surface area contributed by atoms with E-state index >= 15 is 0 Å². The molecule has 5 nitrogen and oxygen atoms in total. The number of carbonyl (C=O) groups excluding carboxylic acids is 1.